The van der Waals surface area contributed by atoms with Gasteiger partial charge in [-0.15, -0.1) is 0 Å². The summed E-state index contributed by atoms with van der Waals surface area (Å²) in [5.41, 5.74) is -0.427. The zero-order chi connectivity index (χ0) is 11.9. The highest BCUT2D eigenvalue weighted by Gasteiger charge is 2.16. The predicted molar refractivity (Wildman–Crippen MR) is 62.0 cm³/mol. The quantitative estimate of drug-likeness (QED) is 0.738. The van der Waals surface area contributed by atoms with Crippen molar-refractivity contribution in [1.82, 2.24) is 10.6 Å². The molecule has 1 unspecified atom stereocenters. The van der Waals surface area contributed by atoms with Gasteiger partial charge in [-0.3, -0.25) is 0 Å². The summed E-state index contributed by atoms with van der Waals surface area (Å²) >= 11 is 0. The van der Waals surface area contributed by atoms with Gasteiger partial charge >= 0.3 is 6.09 Å². The van der Waals surface area contributed by atoms with Gasteiger partial charge in [0.1, 0.15) is 5.60 Å². The number of carbonyl (C=O) groups is 1. The Labute approximate surface area is 92.8 Å². The standard InChI is InChI=1S/C11H24N2O2/c1-6-9(12-7-2)8-13-10(14)15-11(3,4)5/h9,12H,6-8H2,1-5H3,(H,13,14). The largest absolute Gasteiger partial charge is 0.444 e. The molecule has 0 spiro atoms. The van der Waals surface area contributed by atoms with Crippen molar-refractivity contribution in [1.29, 1.82) is 0 Å². The lowest BCUT2D eigenvalue weighted by Gasteiger charge is -2.21. The second-order valence-corrected chi connectivity index (χ2v) is 4.55. The Morgan fingerprint density at radius 2 is 1.93 bits per heavy atom. The number of rotatable bonds is 5. The van der Waals surface area contributed by atoms with E-state index in [0.717, 1.165) is 13.0 Å². The second-order valence-electron chi connectivity index (χ2n) is 4.55. The minimum atomic E-state index is -0.427. The molecule has 0 fully saturated rings. The van der Waals surface area contributed by atoms with Gasteiger partial charge in [-0.05, 0) is 33.7 Å². The predicted octanol–water partition coefficient (Wildman–Crippen LogP) is 1.90. The zero-order valence-electron chi connectivity index (χ0n) is 10.5. The van der Waals surface area contributed by atoms with Crippen molar-refractivity contribution in [2.45, 2.75) is 52.7 Å². The third-order valence-corrected chi connectivity index (χ3v) is 1.88. The van der Waals surface area contributed by atoms with Crippen molar-refractivity contribution in [3.8, 4) is 0 Å². The first-order valence-corrected chi connectivity index (χ1v) is 5.59. The van der Waals surface area contributed by atoms with E-state index in [4.69, 9.17) is 4.74 Å². The van der Waals surface area contributed by atoms with Gasteiger partial charge in [0.15, 0.2) is 0 Å². The number of carbonyl (C=O) groups excluding carboxylic acids is 1. The molecule has 0 aliphatic heterocycles. The Balaban J connectivity index is 3.78. The first-order valence-electron chi connectivity index (χ1n) is 5.59. The molecule has 0 radical (unpaired) electrons. The summed E-state index contributed by atoms with van der Waals surface area (Å²) in [5.74, 6) is 0. The maximum absolute atomic E-state index is 11.3. The number of hydrogen-bond donors (Lipinski definition) is 2. The monoisotopic (exact) mass is 216 g/mol. The van der Waals surface area contributed by atoms with Crippen LogP contribution in [-0.4, -0.2) is 30.8 Å². The molecule has 15 heavy (non-hydrogen) atoms. The van der Waals surface area contributed by atoms with Crippen molar-refractivity contribution in [3.05, 3.63) is 0 Å². The molecule has 0 rings (SSSR count). The highest BCUT2D eigenvalue weighted by molar-refractivity contribution is 5.67. The molecule has 0 aromatic heterocycles. The molecule has 0 aromatic carbocycles. The van der Waals surface area contributed by atoms with Crippen LogP contribution in [0.3, 0.4) is 0 Å². The lowest BCUT2D eigenvalue weighted by atomic mass is 10.2. The SMILES string of the molecule is CCNC(CC)CNC(=O)OC(C)(C)C. The molecule has 0 aromatic rings. The van der Waals surface area contributed by atoms with Gasteiger partial charge in [0.25, 0.3) is 0 Å². The highest BCUT2D eigenvalue weighted by Crippen LogP contribution is 2.06. The molecule has 4 nitrogen and oxygen atoms in total. The van der Waals surface area contributed by atoms with Gasteiger partial charge in [0.2, 0.25) is 0 Å². The Morgan fingerprint density at radius 3 is 2.33 bits per heavy atom. The van der Waals surface area contributed by atoms with E-state index in [9.17, 15) is 4.79 Å². The molecule has 0 aliphatic carbocycles. The van der Waals surface area contributed by atoms with Gasteiger partial charge in [-0.1, -0.05) is 13.8 Å². The number of amides is 1. The number of hydrogen-bond acceptors (Lipinski definition) is 3. The molecule has 0 heterocycles. The van der Waals surface area contributed by atoms with Crippen LogP contribution in [0.1, 0.15) is 41.0 Å². The van der Waals surface area contributed by atoms with Crippen LogP contribution in [-0.2, 0) is 4.74 Å². The molecular weight excluding hydrogens is 192 g/mol. The summed E-state index contributed by atoms with van der Waals surface area (Å²) < 4.78 is 5.13. The fourth-order valence-corrected chi connectivity index (χ4v) is 1.17. The van der Waals surface area contributed by atoms with E-state index in [1.54, 1.807) is 0 Å². The minimum absolute atomic E-state index is 0.322. The van der Waals surface area contributed by atoms with Crippen LogP contribution in [0.5, 0.6) is 0 Å². The molecule has 4 heteroatoms. The Bertz CT molecular complexity index is 188. The molecule has 2 N–H and O–H groups in total. The third kappa shape index (κ3) is 8.24. The number of nitrogens with one attached hydrogen (secondary N) is 2. The van der Waals surface area contributed by atoms with Crippen LogP contribution in [0.15, 0.2) is 0 Å². The first kappa shape index (κ1) is 14.2. The van der Waals surface area contributed by atoms with E-state index in [-0.39, 0.29) is 6.09 Å². The smallest absolute Gasteiger partial charge is 0.407 e. The first-order chi connectivity index (χ1) is 6.89. The molecule has 0 bridgehead atoms. The van der Waals surface area contributed by atoms with E-state index < -0.39 is 5.60 Å². The van der Waals surface area contributed by atoms with E-state index >= 15 is 0 Å². The van der Waals surface area contributed by atoms with Gasteiger partial charge in [-0.25, -0.2) is 4.79 Å². The lowest BCUT2D eigenvalue weighted by molar-refractivity contribution is 0.0522. The highest BCUT2D eigenvalue weighted by atomic mass is 16.6. The van der Waals surface area contributed by atoms with E-state index in [1.165, 1.54) is 0 Å². The molecule has 1 amide bonds. The van der Waals surface area contributed by atoms with Crippen molar-refractivity contribution in [3.63, 3.8) is 0 Å². The summed E-state index contributed by atoms with van der Waals surface area (Å²) in [7, 11) is 0. The van der Waals surface area contributed by atoms with Crippen molar-refractivity contribution >= 4 is 6.09 Å². The Hall–Kier alpha value is -0.770. The van der Waals surface area contributed by atoms with Crippen LogP contribution in [0.2, 0.25) is 0 Å². The van der Waals surface area contributed by atoms with Gasteiger partial charge < -0.3 is 15.4 Å². The van der Waals surface area contributed by atoms with Crippen molar-refractivity contribution in [2.24, 2.45) is 0 Å². The van der Waals surface area contributed by atoms with Crippen LogP contribution in [0.4, 0.5) is 4.79 Å². The van der Waals surface area contributed by atoms with Crippen LogP contribution >= 0.6 is 0 Å². The Morgan fingerprint density at radius 1 is 1.33 bits per heavy atom. The molecule has 0 aliphatic rings. The van der Waals surface area contributed by atoms with Crippen molar-refractivity contribution < 1.29 is 9.53 Å². The molecule has 0 saturated carbocycles. The summed E-state index contributed by atoms with van der Waals surface area (Å²) in [6.45, 7) is 11.2. The van der Waals surface area contributed by atoms with Crippen LogP contribution in [0, 0.1) is 0 Å². The van der Waals surface area contributed by atoms with Crippen LogP contribution < -0.4 is 10.6 Å². The van der Waals surface area contributed by atoms with Gasteiger partial charge in [0.05, 0.1) is 0 Å². The van der Waals surface area contributed by atoms with Crippen LogP contribution in [0.25, 0.3) is 0 Å². The maximum atomic E-state index is 11.3. The average Bonchev–Trinajstić information content (AvgIpc) is 2.09. The fraction of sp³-hybridized carbons (Fsp3) is 0.909. The van der Waals surface area contributed by atoms with Gasteiger partial charge in [-0.2, -0.15) is 0 Å². The zero-order valence-corrected chi connectivity index (χ0v) is 10.5. The normalized spacial score (nSPS) is 13.4. The fourth-order valence-electron chi connectivity index (χ4n) is 1.17. The third-order valence-electron chi connectivity index (χ3n) is 1.88. The van der Waals surface area contributed by atoms with E-state index in [2.05, 4.69) is 24.5 Å². The molecular formula is C11H24N2O2. The summed E-state index contributed by atoms with van der Waals surface area (Å²) in [6, 6.07) is 0.322. The number of ether oxygens (including phenoxy) is 1. The summed E-state index contributed by atoms with van der Waals surface area (Å²) in [4.78, 5) is 11.3. The van der Waals surface area contributed by atoms with Crippen molar-refractivity contribution in [2.75, 3.05) is 13.1 Å². The Kier molecular flexibility index (Phi) is 6.32. The summed E-state index contributed by atoms with van der Waals surface area (Å²) in [5, 5.41) is 6.03. The van der Waals surface area contributed by atoms with Gasteiger partial charge in [0, 0.05) is 12.6 Å². The molecule has 0 saturated heterocycles. The number of alkyl carbamates (subject to hydrolysis) is 1. The summed E-state index contributed by atoms with van der Waals surface area (Å²) in [6.07, 6.45) is 0.641. The van der Waals surface area contributed by atoms with E-state index in [0.29, 0.717) is 12.6 Å². The minimum Gasteiger partial charge on any atom is -0.444 e. The second kappa shape index (κ2) is 6.67. The molecule has 1 atom stereocenters. The molecule has 90 valence electrons. The topological polar surface area (TPSA) is 50.4 Å². The maximum Gasteiger partial charge on any atom is 0.407 e. The average molecular weight is 216 g/mol. The lowest BCUT2D eigenvalue weighted by Crippen LogP contribution is -2.42. The number of likely N-dealkylation sites (N-methyl/N-ethyl adjacent to an activating group) is 1. The van der Waals surface area contributed by atoms with E-state index in [1.807, 2.05) is 20.8 Å².